The van der Waals surface area contributed by atoms with Crippen LogP contribution in [0.2, 0.25) is 0 Å². The fourth-order valence-electron chi connectivity index (χ4n) is 2.36. The standard InChI is InChI=1S/C15H24O2/c1-4-15(5-2,17-3)14(16)12-11-13-9-7-6-8-10-13/h6-10,14,16H,4-5,11-12H2,1-3H3. The van der Waals surface area contributed by atoms with Gasteiger partial charge in [0.1, 0.15) is 0 Å². The van der Waals surface area contributed by atoms with Gasteiger partial charge < -0.3 is 9.84 Å². The van der Waals surface area contributed by atoms with E-state index in [1.165, 1.54) is 5.56 Å². The van der Waals surface area contributed by atoms with Gasteiger partial charge in [-0.25, -0.2) is 0 Å². The Bertz CT molecular complexity index is 296. The van der Waals surface area contributed by atoms with Gasteiger partial charge in [-0.05, 0) is 31.2 Å². The summed E-state index contributed by atoms with van der Waals surface area (Å²) in [6.45, 7) is 4.14. The zero-order chi connectivity index (χ0) is 12.7. The van der Waals surface area contributed by atoms with E-state index in [9.17, 15) is 5.11 Å². The first-order valence-electron chi connectivity index (χ1n) is 6.45. The highest BCUT2D eigenvalue weighted by atomic mass is 16.5. The minimum Gasteiger partial charge on any atom is -0.390 e. The lowest BCUT2D eigenvalue weighted by molar-refractivity contribution is -0.109. The van der Waals surface area contributed by atoms with Crippen molar-refractivity contribution >= 4 is 0 Å². The summed E-state index contributed by atoms with van der Waals surface area (Å²) < 4.78 is 5.54. The molecule has 1 N–H and O–H groups in total. The van der Waals surface area contributed by atoms with Crippen LogP contribution in [0.1, 0.15) is 38.7 Å². The molecule has 1 aromatic carbocycles. The van der Waals surface area contributed by atoms with Crippen LogP contribution in [0.5, 0.6) is 0 Å². The summed E-state index contributed by atoms with van der Waals surface area (Å²) in [5, 5.41) is 10.3. The minimum atomic E-state index is -0.400. The predicted molar refractivity (Wildman–Crippen MR) is 71.1 cm³/mol. The van der Waals surface area contributed by atoms with Gasteiger partial charge in [0.25, 0.3) is 0 Å². The molecule has 0 bridgehead atoms. The molecule has 17 heavy (non-hydrogen) atoms. The Morgan fingerprint density at radius 3 is 2.24 bits per heavy atom. The second kappa shape index (κ2) is 6.77. The molecule has 2 heteroatoms. The lowest BCUT2D eigenvalue weighted by Crippen LogP contribution is -2.43. The minimum absolute atomic E-state index is 0.380. The van der Waals surface area contributed by atoms with E-state index >= 15 is 0 Å². The topological polar surface area (TPSA) is 29.5 Å². The molecule has 0 saturated carbocycles. The molecular formula is C15H24O2. The fraction of sp³-hybridized carbons (Fsp3) is 0.600. The molecule has 0 aliphatic carbocycles. The van der Waals surface area contributed by atoms with E-state index in [1.54, 1.807) is 7.11 Å². The van der Waals surface area contributed by atoms with Crippen LogP contribution in [-0.4, -0.2) is 23.9 Å². The molecule has 0 aromatic heterocycles. The van der Waals surface area contributed by atoms with Gasteiger partial charge in [-0.1, -0.05) is 44.2 Å². The monoisotopic (exact) mass is 236 g/mol. The summed E-state index contributed by atoms with van der Waals surface area (Å²) in [7, 11) is 1.69. The molecule has 0 amide bonds. The number of aryl methyl sites for hydroxylation is 1. The van der Waals surface area contributed by atoms with E-state index in [0.29, 0.717) is 0 Å². The van der Waals surface area contributed by atoms with Crippen molar-refractivity contribution in [3.63, 3.8) is 0 Å². The number of hydrogen-bond donors (Lipinski definition) is 1. The van der Waals surface area contributed by atoms with Crippen molar-refractivity contribution in [2.45, 2.75) is 51.2 Å². The van der Waals surface area contributed by atoms with Crippen molar-refractivity contribution in [1.82, 2.24) is 0 Å². The molecule has 2 nitrogen and oxygen atoms in total. The van der Waals surface area contributed by atoms with Gasteiger partial charge in [-0.3, -0.25) is 0 Å². The SMILES string of the molecule is CCC(CC)(OC)C(O)CCc1ccccc1. The Morgan fingerprint density at radius 1 is 1.18 bits per heavy atom. The zero-order valence-electron chi connectivity index (χ0n) is 11.1. The number of aliphatic hydroxyl groups excluding tert-OH is 1. The molecule has 0 spiro atoms. The smallest absolute Gasteiger partial charge is 0.0931 e. The summed E-state index contributed by atoms with van der Waals surface area (Å²) in [5.74, 6) is 0. The molecule has 0 aliphatic rings. The van der Waals surface area contributed by atoms with Crippen molar-refractivity contribution in [2.24, 2.45) is 0 Å². The maximum Gasteiger partial charge on any atom is 0.0931 e. The van der Waals surface area contributed by atoms with Gasteiger partial charge in [-0.15, -0.1) is 0 Å². The molecule has 1 atom stereocenters. The molecular weight excluding hydrogens is 212 g/mol. The Balaban J connectivity index is 2.56. The van der Waals surface area contributed by atoms with Gasteiger partial charge in [0.05, 0.1) is 11.7 Å². The van der Waals surface area contributed by atoms with Gasteiger partial charge in [0, 0.05) is 7.11 Å². The van der Waals surface area contributed by atoms with Gasteiger partial charge >= 0.3 is 0 Å². The van der Waals surface area contributed by atoms with Crippen LogP contribution in [0, 0.1) is 0 Å². The van der Waals surface area contributed by atoms with Crippen LogP contribution in [0.15, 0.2) is 30.3 Å². The third-order valence-corrected chi connectivity index (χ3v) is 3.76. The van der Waals surface area contributed by atoms with Crippen LogP contribution in [0.25, 0.3) is 0 Å². The Labute approximate surface area is 105 Å². The highest BCUT2D eigenvalue weighted by Gasteiger charge is 2.33. The average molecular weight is 236 g/mol. The summed E-state index contributed by atoms with van der Waals surface area (Å²) in [6.07, 6.45) is 2.93. The van der Waals surface area contributed by atoms with Crippen LogP contribution in [0.4, 0.5) is 0 Å². The van der Waals surface area contributed by atoms with Gasteiger partial charge in [0.2, 0.25) is 0 Å². The summed E-state index contributed by atoms with van der Waals surface area (Å²) in [4.78, 5) is 0. The van der Waals surface area contributed by atoms with E-state index < -0.39 is 6.10 Å². The Morgan fingerprint density at radius 2 is 1.76 bits per heavy atom. The molecule has 1 rings (SSSR count). The molecule has 0 fully saturated rings. The van der Waals surface area contributed by atoms with E-state index in [4.69, 9.17) is 4.74 Å². The molecule has 0 aliphatic heterocycles. The number of rotatable bonds is 7. The maximum absolute atomic E-state index is 10.3. The van der Waals surface area contributed by atoms with Crippen molar-refractivity contribution in [2.75, 3.05) is 7.11 Å². The summed E-state index contributed by atoms with van der Waals surface area (Å²) in [6, 6.07) is 10.3. The summed E-state index contributed by atoms with van der Waals surface area (Å²) in [5.41, 5.74) is 0.887. The van der Waals surface area contributed by atoms with E-state index in [0.717, 1.165) is 25.7 Å². The van der Waals surface area contributed by atoms with Crippen molar-refractivity contribution in [1.29, 1.82) is 0 Å². The highest BCUT2D eigenvalue weighted by Crippen LogP contribution is 2.26. The molecule has 1 aromatic rings. The second-order valence-electron chi connectivity index (χ2n) is 4.52. The molecule has 1 unspecified atom stereocenters. The number of aliphatic hydroxyl groups is 1. The first kappa shape index (κ1) is 14.2. The van der Waals surface area contributed by atoms with Crippen LogP contribution in [0.3, 0.4) is 0 Å². The highest BCUT2D eigenvalue weighted by molar-refractivity contribution is 5.14. The third-order valence-electron chi connectivity index (χ3n) is 3.76. The molecule has 96 valence electrons. The Kier molecular flexibility index (Phi) is 5.66. The normalized spacial score (nSPS) is 13.6. The van der Waals surface area contributed by atoms with Crippen molar-refractivity contribution in [3.8, 4) is 0 Å². The van der Waals surface area contributed by atoms with E-state index in [1.807, 2.05) is 18.2 Å². The van der Waals surface area contributed by atoms with Crippen molar-refractivity contribution < 1.29 is 9.84 Å². The Hall–Kier alpha value is -0.860. The lowest BCUT2D eigenvalue weighted by atomic mass is 9.87. The van der Waals surface area contributed by atoms with E-state index in [-0.39, 0.29) is 5.60 Å². The lowest BCUT2D eigenvalue weighted by Gasteiger charge is -2.35. The first-order valence-corrected chi connectivity index (χ1v) is 6.45. The van der Waals surface area contributed by atoms with Crippen LogP contribution >= 0.6 is 0 Å². The van der Waals surface area contributed by atoms with Crippen LogP contribution in [-0.2, 0) is 11.2 Å². The van der Waals surface area contributed by atoms with Gasteiger partial charge in [-0.2, -0.15) is 0 Å². The van der Waals surface area contributed by atoms with Crippen LogP contribution < -0.4 is 0 Å². The summed E-state index contributed by atoms with van der Waals surface area (Å²) >= 11 is 0. The average Bonchev–Trinajstić information content (AvgIpc) is 2.40. The largest absolute Gasteiger partial charge is 0.390 e. The van der Waals surface area contributed by atoms with Crippen molar-refractivity contribution in [3.05, 3.63) is 35.9 Å². The number of methoxy groups -OCH3 is 1. The molecule has 0 heterocycles. The third kappa shape index (κ3) is 3.55. The molecule has 0 saturated heterocycles. The number of hydrogen-bond acceptors (Lipinski definition) is 2. The predicted octanol–water partition coefficient (Wildman–Crippen LogP) is 3.19. The number of benzene rings is 1. The molecule has 0 radical (unpaired) electrons. The maximum atomic E-state index is 10.3. The first-order chi connectivity index (χ1) is 8.18. The second-order valence-corrected chi connectivity index (χ2v) is 4.52. The zero-order valence-corrected chi connectivity index (χ0v) is 11.1. The van der Waals surface area contributed by atoms with Gasteiger partial charge in [0.15, 0.2) is 0 Å². The quantitative estimate of drug-likeness (QED) is 0.788. The number of ether oxygens (including phenoxy) is 1. The van der Waals surface area contributed by atoms with E-state index in [2.05, 4.69) is 26.0 Å². The fourth-order valence-corrected chi connectivity index (χ4v) is 2.36.